The van der Waals surface area contributed by atoms with Gasteiger partial charge in [0.05, 0.1) is 0 Å². The predicted molar refractivity (Wildman–Crippen MR) is 112 cm³/mol. The highest BCUT2D eigenvalue weighted by Crippen LogP contribution is 2.01. The van der Waals surface area contributed by atoms with Gasteiger partial charge in [-0.3, -0.25) is 0 Å². The van der Waals surface area contributed by atoms with E-state index in [0.717, 1.165) is 32.4 Å². The molecule has 0 saturated carbocycles. The van der Waals surface area contributed by atoms with Crippen LogP contribution in [0.1, 0.15) is 71.1 Å². The molecule has 0 heterocycles. The average molecular weight is 352 g/mol. The van der Waals surface area contributed by atoms with Crippen molar-refractivity contribution >= 4 is 11.6 Å². The summed E-state index contributed by atoms with van der Waals surface area (Å²) in [6.07, 6.45) is 30.2. The molecule has 138 valence electrons. The molecular formula is C22H38ClN. The molecule has 1 N–H and O–H groups in total. The minimum absolute atomic E-state index is 0.706. The molecule has 0 unspecified atom stereocenters. The summed E-state index contributed by atoms with van der Waals surface area (Å²) in [5.41, 5.74) is 0. The summed E-state index contributed by atoms with van der Waals surface area (Å²) in [7, 11) is 0. The van der Waals surface area contributed by atoms with Gasteiger partial charge < -0.3 is 5.32 Å². The highest BCUT2D eigenvalue weighted by atomic mass is 35.5. The van der Waals surface area contributed by atoms with Crippen LogP contribution in [0.15, 0.2) is 48.6 Å². The van der Waals surface area contributed by atoms with Crippen LogP contribution in [0.25, 0.3) is 0 Å². The lowest BCUT2D eigenvalue weighted by molar-refractivity contribution is 0.647. The first-order valence-corrected chi connectivity index (χ1v) is 10.3. The molecule has 0 fully saturated rings. The first-order chi connectivity index (χ1) is 11.9. The van der Waals surface area contributed by atoms with Crippen LogP contribution in [-0.2, 0) is 0 Å². The Balaban J connectivity index is 3.33. The molecule has 0 amide bonds. The van der Waals surface area contributed by atoms with Crippen LogP contribution in [-0.4, -0.2) is 19.0 Å². The fraction of sp³-hybridized carbons (Fsp3) is 0.636. The number of rotatable bonds is 17. The van der Waals surface area contributed by atoms with Crippen molar-refractivity contribution in [3.05, 3.63) is 48.6 Å². The zero-order valence-corrected chi connectivity index (χ0v) is 16.4. The second kappa shape index (κ2) is 22.2. The lowest BCUT2D eigenvalue weighted by atomic mass is 10.2. The molecule has 0 aliphatic carbocycles. The Labute approximate surface area is 155 Å². The highest BCUT2D eigenvalue weighted by Gasteiger charge is 1.86. The van der Waals surface area contributed by atoms with Gasteiger partial charge in [-0.25, -0.2) is 0 Å². The topological polar surface area (TPSA) is 12.0 Å². The van der Waals surface area contributed by atoms with Gasteiger partial charge in [-0.05, 0) is 57.9 Å². The summed E-state index contributed by atoms with van der Waals surface area (Å²) < 4.78 is 0. The van der Waals surface area contributed by atoms with Gasteiger partial charge in [0.1, 0.15) is 0 Å². The lowest BCUT2D eigenvalue weighted by Gasteiger charge is -1.99. The SMILES string of the molecule is CCCCC/C=C\C/C=C\C/C=C\C/C=C\CCCCNCCCl. The minimum Gasteiger partial charge on any atom is -0.316 e. The Morgan fingerprint density at radius 3 is 1.62 bits per heavy atom. The molecule has 0 aromatic heterocycles. The van der Waals surface area contributed by atoms with Crippen molar-refractivity contribution in [2.24, 2.45) is 0 Å². The monoisotopic (exact) mass is 351 g/mol. The fourth-order valence-electron chi connectivity index (χ4n) is 2.26. The quantitative estimate of drug-likeness (QED) is 0.169. The molecule has 0 spiro atoms. The average Bonchev–Trinajstić information content (AvgIpc) is 2.60. The van der Waals surface area contributed by atoms with Crippen LogP contribution < -0.4 is 5.32 Å². The normalized spacial score (nSPS) is 12.6. The van der Waals surface area contributed by atoms with Crippen molar-refractivity contribution in [1.29, 1.82) is 0 Å². The molecule has 24 heavy (non-hydrogen) atoms. The maximum absolute atomic E-state index is 5.60. The van der Waals surface area contributed by atoms with E-state index >= 15 is 0 Å². The molecule has 0 aromatic carbocycles. The Kier molecular flexibility index (Phi) is 21.5. The third kappa shape index (κ3) is 21.2. The number of hydrogen-bond acceptors (Lipinski definition) is 1. The van der Waals surface area contributed by atoms with Gasteiger partial charge in [0, 0.05) is 12.4 Å². The zero-order chi connectivity index (χ0) is 17.6. The second-order valence-electron chi connectivity index (χ2n) is 6.02. The molecule has 0 aliphatic rings. The van der Waals surface area contributed by atoms with E-state index in [0.29, 0.717) is 5.88 Å². The van der Waals surface area contributed by atoms with Crippen LogP contribution in [0.2, 0.25) is 0 Å². The standard InChI is InChI=1S/C22H38ClN/c1-2-3-4-5-6-7-8-9-10-11-12-13-14-15-16-17-18-19-21-24-22-20-23/h6-7,9-10,12-13,15-16,24H,2-5,8,11,14,17-22H2,1H3/b7-6-,10-9-,13-12-,16-15-. The first kappa shape index (κ1) is 23.2. The van der Waals surface area contributed by atoms with Gasteiger partial charge in [0.2, 0.25) is 0 Å². The zero-order valence-electron chi connectivity index (χ0n) is 15.7. The van der Waals surface area contributed by atoms with Crippen molar-refractivity contribution < 1.29 is 0 Å². The van der Waals surface area contributed by atoms with Crippen molar-refractivity contribution in [2.75, 3.05) is 19.0 Å². The van der Waals surface area contributed by atoms with E-state index in [1.807, 2.05) is 0 Å². The van der Waals surface area contributed by atoms with Crippen LogP contribution in [0.4, 0.5) is 0 Å². The van der Waals surface area contributed by atoms with Crippen molar-refractivity contribution in [3.8, 4) is 0 Å². The number of alkyl halides is 1. The lowest BCUT2D eigenvalue weighted by Crippen LogP contribution is -2.17. The Bertz CT molecular complexity index is 342. The largest absolute Gasteiger partial charge is 0.316 e. The van der Waals surface area contributed by atoms with Crippen LogP contribution in [0, 0.1) is 0 Å². The van der Waals surface area contributed by atoms with Gasteiger partial charge >= 0.3 is 0 Å². The molecule has 0 aromatic rings. The Hall–Kier alpha value is -0.790. The molecule has 2 heteroatoms. The molecule has 0 bridgehead atoms. The van der Waals surface area contributed by atoms with Crippen LogP contribution in [0.5, 0.6) is 0 Å². The summed E-state index contributed by atoms with van der Waals surface area (Å²) >= 11 is 5.60. The summed E-state index contributed by atoms with van der Waals surface area (Å²) in [6.45, 7) is 4.26. The number of unbranched alkanes of at least 4 members (excludes halogenated alkanes) is 5. The van der Waals surface area contributed by atoms with Gasteiger partial charge in [-0.1, -0.05) is 68.4 Å². The molecule has 0 aliphatic heterocycles. The van der Waals surface area contributed by atoms with Gasteiger partial charge in [0.15, 0.2) is 0 Å². The van der Waals surface area contributed by atoms with E-state index in [1.54, 1.807) is 0 Å². The van der Waals surface area contributed by atoms with Crippen LogP contribution >= 0.6 is 11.6 Å². The summed E-state index contributed by atoms with van der Waals surface area (Å²) in [6, 6.07) is 0. The fourth-order valence-corrected chi connectivity index (χ4v) is 2.40. The van der Waals surface area contributed by atoms with Crippen molar-refractivity contribution in [1.82, 2.24) is 5.32 Å². The molecule has 1 nitrogen and oxygen atoms in total. The van der Waals surface area contributed by atoms with Crippen molar-refractivity contribution in [2.45, 2.75) is 71.1 Å². The van der Waals surface area contributed by atoms with E-state index < -0.39 is 0 Å². The smallest absolute Gasteiger partial charge is 0.0348 e. The minimum atomic E-state index is 0.706. The number of halogens is 1. The summed E-state index contributed by atoms with van der Waals surface area (Å²) in [5.74, 6) is 0.706. The molecule has 0 rings (SSSR count). The maximum atomic E-state index is 5.60. The number of nitrogens with one attached hydrogen (secondary N) is 1. The highest BCUT2D eigenvalue weighted by molar-refractivity contribution is 6.18. The third-order valence-corrected chi connectivity index (χ3v) is 3.89. The molecular weight excluding hydrogens is 314 g/mol. The second-order valence-corrected chi connectivity index (χ2v) is 6.40. The maximum Gasteiger partial charge on any atom is 0.0348 e. The van der Waals surface area contributed by atoms with E-state index in [1.165, 1.54) is 44.9 Å². The van der Waals surface area contributed by atoms with Crippen LogP contribution in [0.3, 0.4) is 0 Å². The van der Waals surface area contributed by atoms with E-state index in [9.17, 15) is 0 Å². The Morgan fingerprint density at radius 2 is 1.12 bits per heavy atom. The molecule has 0 radical (unpaired) electrons. The van der Waals surface area contributed by atoms with E-state index in [4.69, 9.17) is 11.6 Å². The number of allylic oxidation sites excluding steroid dienone is 8. The van der Waals surface area contributed by atoms with Gasteiger partial charge in [-0.15, -0.1) is 11.6 Å². The third-order valence-electron chi connectivity index (χ3n) is 3.70. The van der Waals surface area contributed by atoms with Gasteiger partial charge in [-0.2, -0.15) is 0 Å². The Morgan fingerprint density at radius 1 is 0.625 bits per heavy atom. The summed E-state index contributed by atoms with van der Waals surface area (Å²) in [4.78, 5) is 0. The molecule has 0 atom stereocenters. The van der Waals surface area contributed by atoms with Crippen molar-refractivity contribution in [3.63, 3.8) is 0 Å². The number of hydrogen-bond donors (Lipinski definition) is 1. The van der Waals surface area contributed by atoms with Gasteiger partial charge in [0.25, 0.3) is 0 Å². The van der Waals surface area contributed by atoms with E-state index in [-0.39, 0.29) is 0 Å². The summed E-state index contributed by atoms with van der Waals surface area (Å²) in [5, 5.41) is 3.31. The van der Waals surface area contributed by atoms with E-state index in [2.05, 4.69) is 60.8 Å². The first-order valence-electron chi connectivity index (χ1n) is 9.78. The molecule has 0 saturated heterocycles. The predicted octanol–water partition coefficient (Wildman–Crippen LogP) is 6.96.